The monoisotopic (exact) mass is 269 g/mol. The van der Waals surface area contributed by atoms with Crippen molar-refractivity contribution >= 4 is 34.7 Å². The van der Waals surface area contributed by atoms with Gasteiger partial charge in [-0.3, -0.25) is 4.79 Å². The molecule has 1 N–H and O–H groups in total. The Kier molecular flexibility index (Phi) is 4.05. The van der Waals surface area contributed by atoms with E-state index in [2.05, 4.69) is 15.5 Å². The van der Waals surface area contributed by atoms with Crippen LogP contribution >= 0.6 is 23.1 Å². The van der Waals surface area contributed by atoms with Crippen LogP contribution in [0.5, 0.6) is 0 Å². The van der Waals surface area contributed by atoms with Gasteiger partial charge >= 0.3 is 0 Å². The summed E-state index contributed by atoms with van der Waals surface area (Å²) in [6, 6.07) is 6.05. The first-order valence-corrected chi connectivity index (χ1v) is 6.55. The van der Waals surface area contributed by atoms with Gasteiger partial charge in [0, 0.05) is 0 Å². The largest absolute Gasteiger partial charge is 0.323 e. The van der Waals surface area contributed by atoms with Gasteiger partial charge in [0.15, 0.2) is 4.34 Å². The Bertz CT molecular complexity index is 504. The first-order chi connectivity index (χ1) is 8.25. The Labute approximate surface area is 105 Å². The number of amides is 1. The second kappa shape index (κ2) is 5.74. The number of thioether (sulfide) groups is 1. The summed E-state index contributed by atoms with van der Waals surface area (Å²) in [6.45, 7) is 0. The van der Waals surface area contributed by atoms with Crippen molar-refractivity contribution in [2.45, 2.75) is 4.34 Å². The number of nitrogens with zero attached hydrogens (tertiary/aromatic N) is 2. The van der Waals surface area contributed by atoms with E-state index >= 15 is 0 Å². The zero-order valence-corrected chi connectivity index (χ0v) is 10.2. The molecule has 0 aliphatic carbocycles. The molecule has 2 rings (SSSR count). The quantitative estimate of drug-likeness (QED) is 0.866. The molecule has 17 heavy (non-hydrogen) atoms. The third-order valence-electron chi connectivity index (χ3n) is 1.81. The number of rotatable bonds is 4. The van der Waals surface area contributed by atoms with Crippen LogP contribution in [0.1, 0.15) is 0 Å². The average molecular weight is 269 g/mol. The number of carbonyl (C=O) groups is 1. The number of benzene rings is 1. The van der Waals surface area contributed by atoms with Gasteiger partial charge in [-0.1, -0.05) is 35.2 Å². The van der Waals surface area contributed by atoms with Gasteiger partial charge in [-0.05, 0) is 12.1 Å². The van der Waals surface area contributed by atoms with Gasteiger partial charge in [-0.25, -0.2) is 4.39 Å². The zero-order valence-electron chi connectivity index (χ0n) is 8.59. The van der Waals surface area contributed by atoms with Crippen LogP contribution in [0.4, 0.5) is 10.1 Å². The van der Waals surface area contributed by atoms with Crippen LogP contribution in [0.25, 0.3) is 0 Å². The number of hydrogen-bond donors (Lipinski definition) is 1. The van der Waals surface area contributed by atoms with Crippen LogP contribution in [0.3, 0.4) is 0 Å². The second-order valence-electron chi connectivity index (χ2n) is 3.02. The van der Waals surface area contributed by atoms with Crippen molar-refractivity contribution in [1.29, 1.82) is 0 Å². The van der Waals surface area contributed by atoms with Crippen molar-refractivity contribution in [1.82, 2.24) is 10.2 Å². The van der Waals surface area contributed by atoms with Crippen molar-refractivity contribution in [3.63, 3.8) is 0 Å². The van der Waals surface area contributed by atoms with E-state index in [1.165, 1.54) is 35.2 Å². The lowest BCUT2D eigenvalue weighted by atomic mass is 10.3. The van der Waals surface area contributed by atoms with E-state index in [4.69, 9.17) is 0 Å². The number of carbonyl (C=O) groups excluding carboxylic acids is 1. The highest BCUT2D eigenvalue weighted by Crippen LogP contribution is 2.19. The molecule has 0 saturated heterocycles. The maximum atomic E-state index is 13.2. The first-order valence-electron chi connectivity index (χ1n) is 4.69. The molecular weight excluding hydrogens is 261 g/mol. The number of halogens is 1. The minimum atomic E-state index is -0.443. The average Bonchev–Trinajstić information content (AvgIpc) is 2.82. The van der Waals surface area contributed by atoms with E-state index in [9.17, 15) is 9.18 Å². The van der Waals surface area contributed by atoms with E-state index in [0.29, 0.717) is 4.34 Å². The molecule has 0 aliphatic rings. The lowest BCUT2D eigenvalue weighted by molar-refractivity contribution is -0.113. The molecule has 1 heterocycles. The van der Waals surface area contributed by atoms with Gasteiger partial charge in [0.2, 0.25) is 5.91 Å². The van der Waals surface area contributed by atoms with Gasteiger partial charge in [0.25, 0.3) is 0 Å². The van der Waals surface area contributed by atoms with Gasteiger partial charge in [0.1, 0.15) is 11.3 Å². The fourth-order valence-corrected chi connectivity index (χ4v) is 2.39. The Morgan fingerprint density at radius 3 is 3.00 bits per heavy atom. The molecule has 0 fully saturated rings. The molecule has 4 nitrogen and oxygen atoms in total. The normalized spacial score (nSPS) is 10.2. The highest BCUT2D eigenvalue weighted by atomic mass is 32.2. The van der Waals surface area contributed by atoms with E-state index < -0.39 is 5.82 Å². The smallest absolute Gasteiger partial charge is 0.234 e. The molecule has 1 aromatic carbocycles. The Hall–Kier alpha value is -1.47. The number of aromatic nitrogens is 2. The van der Waals surface area contributed by atoms with Gasteiger partial charge in [-0.15, -0.1) is 10.2 Å². The molecule has 1 aromatic heterocycles. The van der Waals surface area contributed by atoms with Crippen LogP contribution in [-0.4, -0.2) is 21.9 Å². The molecule has 1 amide bonds. The fraction of sp³-hybridized carbons (Fsp3) is 0.100. The number of anilines is 1. The molecule has 0 atom stereocenters. The highest BCUT2D eigenvalue weighted by molar-refractivity contribution is 8.01. The van der Waals surface area contributed by atoms with Crippen molar-refractivity contribution in [2.75, 3.05) is 11.1 Å². The summed E-state index contributed by atoms with van der Waals surface area (Å²) in [7, 11) is 0. The first kappa shape index (κ1) is 12.0. The van der Waals surface area contributed by atoms with E-state index in [0.717, 1.165) is 0 Å². The van der Waals surface area contributed by atoms with Crippen LogP contribution in [0.2, 0.25) is 0 Å². The molecule has 0 unspecified atom stereocenters. The van der Waals surface area contributed by atoms with Gasteiger partial charge < -0.3 is 5.32 Å². The molecule has 7 heteroatoms. The van der Waals surface area contributed by atoms with Crippen LogP contribution in [-0.2, 0) is 4.79 Å². The van der Waals surface area contributed by atoms with Crippen LogP contribution in [0, 0.1) is 5.82 Å². The minimum Gasteiger partial charge on any atom is -0.323 e. The van der Waals surface area contributed by atoms with E-state index in [-0.39, 0.29) is 17.3 Å². The lowest BCUT2D eigenvalue weighted by Gasteiger charge is -2.04. The fourth-order valence-electron chi connectivity index (χ4n) is 1.10. The third-order valence-corrected chi connectivity index (χ3v) is 3.68. The Balaban J connectivity index is 1.87. The second-order valence-corrected chi connectivity index (χ2v) is 5.08. The zero-order chi connectivity index (χ0) is 12.1. The SMILES string of the molecule is O=C(CSc1nncs1)Nc1ccccc1F. The van der Waals surface area contributed by atoms with Crippen molar-refractivity contribution < 1.29 is 9.18 Å². The van der Waals surface area contributed by atoms with Crippen LogP contribution < -0.4 is 5.32 Å². The summed E-state index contributed by atoms with van der Waals surface area (Å²) in [5.74, 6) is -0.527. The molecule has 2 aromatic rings. The van der Waals surface area contributed by atoms with Crippen molar-refractivity contribution in [2.24, 2.45) is 0 Å². The number of hydrogen-bond acceptors (Lipinski definition) is 5. The van der Waals surface area contributed by atoms with Crippen LogP contribution in [0.15, 0.2) is 34.1 Å². The van der Waals surface area contributed by atoms with E-state index in [1.54, 1.807) is 17.6 Å². The summed E-state index contributed by atoms with van der Waals surface area (Å²) in [4.78, 5) is 11.5. The summed E-state index contributed by atoms with van der Waals surface area (Å²) in [5, 5.41) is 9.94. The maximum Gasteiger partial charge on any atom is 0.234 e. The molecule has 0 radical (unpaired) electrons. The maximum absolute atomic E-state index is 13.2. The Morgan fingerprint density at radius 2 is 2.29 bits per heavy atom. The van der Waals surface area contributed by atoms with Crippen molar-refractivity contribution in [3.05, 3.63) is 35.6 Å². The Morgan fingerprint density at radius 1 is 1.47 bits per heavy atom. The van der Waals surface area contributed by atoms with E-state index in [1.807, 2.05) is 0 Å². The summed E-state index contributed by atoms with van der Waals surface area (Å²) in [5.41, 5.74) is 1.78. The topological polar surface area (TPSA) is 54.9 Å². The molecule has 0 spiro atoms. The summed E-state index contributed by atoms with van der Waals surface area (Å²) < 4.78 is 13.9. The number of para-hydroxylation sites is 1. The van der Waals surface area contributed by atoms with Gasteiger partial charge in [0.05, 0.1) is 11.4 Å². The third kappa shape index (κ3) is 3.50. The molecule has 0 bridgehead atoms. The predicted octanol–water partition coefficient (Wildman–Crippen LogP) is 2.41. The lowest BCUT2D eigenvalue weighted by Crippen LogP contribution is -2.14. The molecule has 0 saturated carbocycles. The minimum absolute atomic E-state index is 0.184. The van der Waals surface area contributed by atoms with Crippen molar-refractivity contribution in [3.8, 4) is 0 Å². The highest BCUT2D eigenvalue weighted by Gasteiger charge is 2.07. The molecular formula is C10H8FN3OS2. The van der Waals surface area contributed by atoms with Gasteiger partial charge in [-0.2, -0.15) is 0 Å². The summed E-state index contributed by atoms with van der Waals surface area (Å²) in [6.07, 6.45) is 0. The standard InChI is InChI=1S/C10H8FN3OS2/c11-7-3-1-2-4-8(7)13-9(15)5-16-10-14-12-6-17-10/h1-4,6H,5H2,(H,13,15). The summed E-state index contributed by atoms with van der Waals surface area (Å²) >= 11 is 2.63. The predicted molar refractivity (Wildman–Crippen MR) is 65.7 cm³/mol. The molecule has 88 valence electrons. The molecule has 0 aliphatic heterocycles. The number of nitrogens with one attached hydrogen (secondary N) is 1.